The van der Waals surface area contributed by atoms with E-state index in [9.17, 15) is 26.4 Å². The second-order valence-electron chi connectivity index (χ2n) is 15.0. The molecule has 0 unspecified atom stereocenters. The first-order valence-electron chi connectivity index (χ1n) is 22.2. The van der Waals surface area contributed by atoms with E-state index in [0.717, 1.165) is 129 Å². The number of carbonyl (C=O) groups is 2. The maximum atomic E-state index is 13.7. The van der Waals surface area contributed by atoms with Gasteiger partial charge in [-0.2, -0.15) is 0 Å². The number of unbranched alkanes of at least 4 members (excludes halogenated alkanes) is 12. The summed E-state index contributed by atoms with van der Waals surface area (Å²) in [6.07, 6.45) is 26.7. The molecule has 0 aliphatic carbocycles. The molecule has 0 atom stereocenters. The predicted molar refractivity (Wildman–Crippen MR) is 243 cm³/mol. The molecule has 2 aromatic carbocycles. The Hall–Kier alpha value is -4.16. The van der Waals surface area contributed by atoms with E-state index >= 15 is 0 Å². The average molecular weight is 869 g/mol. The predicted octanol–water partition coefficient (Wildman–Crippen LogP) is 10.7. The Morgan fingerprint density at radius 2 is 0.767 bits per heavy atom. The van der Waals surface area contributed by atoms with Crippen molar-refractivity contribution in [1.29, 1.82) is 0 Å². The number of carbonyl (C=O) groups excluding carboxylic acids is 2. The van der Waals surface area contributed by atoms with Gasteiger partial charge < -0.3 is 19.3 Å². The van der Waals surface area contributed by atoms with E-state index in [4.69, 9.17) is 9.47 Å². The molecule has 2 aromatic rings. The minimum atomic E-state index is -4.29. The minimum Gasteiger partial charge on any atom is -0.458 e. The quantitative estimate of drug-likeness (QED) is 0.0296. The number of esters is 2. The highest BCUT2D eigenvalue weighted by atomic mass is 32.2. The third-order valence-electron chi connectivity index (χ3n) is 9.92. The summed E-state index contributed by atoms with van der Waals surface area (Å²) in [5.41, 5.74) is 0. The molecule has 0 saturated heterocycles. The number of ether oxygens (including phenoxy) is 2. The highest BCUT2D eigenvalue weighted by Crippen LogP contribution is 2.23. The molecular weight excluding hydrogens is 797 g/mol. The summed E-state index contributed by atoms with van der Waals surface area (Å²) in [5, 5.41) is 0. The molecule has 2 rings (SSSR count). The Balaban J connectivity index is 2.30. The lowest BCUT2D eigenvalue weighted by molar-refractivity contribution is -0.146. The highest BCUT2D eigenvalue weighted by Gasteiger charge is 2.30. The Morgan fingerprint density at radius 3 is 1.05 bits per heavy atom. The summed E-state index contributed by atoms with van der Waals surface area (Å²) in [7, 11) is -8.58. The van der Waals surface area contributed by atoms with Gasteiger partial charge in [0.15, 0.2) is 9.81 Å². The van der Waals surface area contributed by atoms with Crippen molar-refractivity contribution in [1.82, 2.24) is 9.80 Å². The van der Waals surface area contributed by atoms with Crippen molar-refractivity contribution in [2.45, 2.75) is 140 Å². The maximum absolute atomic E-state index is 13.7. The van der Waals surface area contributed by atoms with Crippen LogP contribution in [0.3, 0.4) is 0 Å². The normalized spacial score (nSPS) is 12.6. The number of hydrogen-bond acceptors (Lipinski definition) is 10. The molecule has 0 bridgehead atoms. The molecule has 0 saturated carbocycles. The van der Waals surface area contributed by atoms with Gasteiger partial charge in [-0.15, -0.1) is 0 Å². The SMILES string of the molecule is CCCCCCN(/C=C/C=C(/C(=O)OCCOC(=O)/C(=C/C=C/N(CCCCCC)CCCCCC)S(=O)(=O)c1ccccc1)S(=O)(=O)c1ccccc1)CCCCCC. The summed E-state index contributed by atoms with van der Waals surface area (Å²) >= 11 is 0. The van der Waals surface area contributed by atoms with Gasteiger partial charge in [0.05, 0.1) is 9.79 Å². The Bertz CT molecular complexity index is 1680. The number of benzene rings is 2. The van der Waals surface area contributed by atoms with E-state index in [1.54, 1.807) is 48.6 Å². The van der Waals surface area contributed by atoms with Gasteiger partial charge in [0.2, 0.25) is 19.7 Å². The molecule has 0 radical (unpaired) electrons. The first kappa shape index (κ1) is 52.0. The third-order valence-corrected chi connectivity index (χ3v) is 13.5. The molecular formula is C48H72N2O8S2. The third kappa shape index (κ3) is 19.9. The van der Waals surface area contributed by atoms with Crippen LogP contribution in [0.1, 0.15) is 130 Å². The van der Waals surface area contributed by atoms with E-state index in [-0.39, 0.29) is 9.79 Å². The lowest BCUT2D eigenvalue weighted by atomic mass is 10.2. The van der Waals surface area contributed by atoms with Crippen molar-refractivity contribution in [2.75, 3.05) is 39.4 Å². The van der Waals surface area contributed by atoms with Crippen LogP contribution in [0, 0.1) is 0 Å². The van der Waals surface area contributed by atoms with Crippen LogP contribution >= 0.6 is 0 Å². The summed E-state index contributed by atoms with van der Waals surface area (Å²) in [4.78, 5) is 30.0. The van der Waals surface area contributed by atoms with Crippen LogP contribution in [0.5, 0.6) is 0 Å². The van der Waals surface area contributed by atoms with Crippen LogP contribution in [0.4, 0.5) is 0 Å². The standard InChI is InChI=1S/C48H72N2O8S2/c1-5-9-13-23-35-49(36-24-14-10-6-2)39-27-33-45(59(53,54)43-29-19-17-20-30-43)47(51)57-41-42-58-48(52)46(60(55,56)44-31-21-18-22-32-44)34-28-40-50(37-25-15-11-7-3)38-26-16-12-8-4/h17-22,27-34,39-40H,5-16,23-26,35-38,41-42H2,1-4H3/b39-27+,40-28+,45-33-,46-34-. The number of nitrogens with zero attached hydrogens (tertiary/aromatic N) is 2. The van der Waals surface area contributed by atoms with Crippen molar-refractivity contribution < 1.29 is 35.9 Å². The zero-order valence-electron chi connectivity index (χ0n) is 36.8. The first-order valence-corrected chi connectivity index (χ1v) is 25.2. The van der Waals surface area contributed by atoms with Crippen LogP contribution in [0.15, 0.2) is 117 Å². The molecule has 0 N–H and O–H groups in total. The van der Waals surface area contributed by atoms with Gasteiger partial charge in [-0.05, 0) is 86.7 Å². The van der Waals surface area contributed by atoms with Crippen molar-refractivity contribution >= 4 is 31.6 Å². The van der Waals surface area contributed by atoms with Gasteiger partial charge in [0, 0.05) is 26.2 Å². The Labute approximate surface area is 362 Å². The second-order valence-corrected chi connectivity index (χ2v) is 18.8. The van der Waals surface area contributed by atoms with Gasteiger partial charge >= 0.3 is 11.9 Å². The van der Waals surface area contributed by atoms with E-state index < -0.39 is 54.6 Å². The zero-order chi connectivity index (χ0) is 43.9. The zero-order valence-corrected chi connectivity index (χ0v) is 38.4. The van der Waals surface area contributed by atoms with Crippen molar-refractivity contribution in [3.8, 4) is 0 Å². The van der Waals surface area contributed by atoms with Crippen molar-refractivity contribution in [3.63, 3.8) is 0 Å². The van der Waals surface area contributed by atoms with Gasteiger partial charge in [-0.25, -0.2) is 26.4 Å². The Morgan fingerprint density at radius 1 is 0.467 bits per heavy atom. The maximum Gasteiger partial charge on any atom is 0.350 e. The smallest absolute Gasteiger partial charge is 0.350 e. The second kappa shape index (κ2) is 30.8. The number of rotatable bonds is 33. The molecule has 0 aromatic heterocycles. The van der Waals surface area contributed by atoms with E-state index in [1.807, 2.05) is 12.4 Å². The van der Waals surface area contributed by atoms with E-state index in [1.165, 1.54) is 36.4 Å². The number of hydrogen-bond donors (Lipinski definition) is 0. The molecule has 12 heteroatoms. The molecule has 10 nitrogen and oxygen atoms in total. The monoisotopic (exact) mass is 868 g/mol. The highest BCUT2D eigenvalue weighted by molar-refractivity contribution is 7.96. The van der Waals surface area contributed by atoms with Crippen LogP contribution in [-0.4, -0.2) is 78.0 Å². The minimum absolute atomic E-state index is 0.0709. The number of allylic oxidation sites excluding steroid dienone is 4. The average Bonchev–Trinajstić information content (AvgIpc) is 3.25. The fourth-order valence-corrected chi connectivity index (χ4v) is 9.00. The lowest BCUT2D eigenvalue weighted by Gasteiger charge is -2.20. The fraction of sp³-hybridized carbons (Fsp3) is 0.542. The lowest BCUT2D eigenvalue weighted by Crippen LogP contribution is -2.22. The molecule has 0 amide bonds. The van der Waals surface area contributed by atoms with Crippen LogP contribution in [0.2, 0.25) is 0 Å². The summed E-state index contributed by atoms with van der Waals surface area (Å²) < 4.78 is 65.7. The van der Waals surface area contributed by atoms with Crippen LogP contribution < -0.4 is 0 Å². The van der Waals surface area contributed by atoms with Gasteiger partial charge in [0.25, 0.3) is 0 Å². The van der Waals surface area contributed by atoms with Crippen LogP contribution in [0.25, 0.3) is 0 Å². The van der Waals surface area contributed by atoms with Crippen LogP contribution in [-0.2, 0) is 38.7 Å². The van der Waals surface area contributed by atoms with Crippen molar-refractivity contribution in [2.24, 2.45) is 0 Å². The topological polar surface area (TPSA) is 127 Å². The largest absolute Gasteiger partial charge is 0.458 e. The summed E-state index contributed by atoms with van der Waals surface area (Å²) in [5.74, 6) is -2.24. The summed E-state index contributed by atoms with van der Waals surface area (Å²) in [6, 6.07) is 15.3. The molecule has 0 fully saturated rings. The molecule has 0 heterocycles. The molecule has 0 aliphatic rings. The molecule has 0 spiro atoms. The van der Waals surface area contributed by atoms with Crippen molar-refractivity contribution in [3.05, 3.63) is 107 Å². The summed E-state index contributed by atoms with van der Waals surface area (Å²) in [6.45, 7) is 10.9. The Kier molecular flexibility index (Phi) is 26.7. The number of sulfone groups is 2. The van der Waals surface area contributed by atoms with E-state index in [0.29, 0.717) is 0 Å². The van der Waals surface area contributed by atoms with Gasteiger partial charge in [0.1, 0.15) is 13.2 Å². The fourth-order valence-electron chi connectivity index (χ4n) is 6.39. The first-order chi connectivity index (χ1) is 29.0. The molecule has 0 aliphatic heterocycles. The van der Waals surface area contributed by atoms with Gasteiger partial charge in [-0.1, -0.05) is 141 Å². The van der Waals surface area contributed by atoms with Gasteiger partial charge in [-0.3, -0.25) is 0 Å². The van der Waals surface area contributed by atoms with E-state index in [2.05, 4.69) is 37.5 Å². The molecule has 60 heavy (non-hydrogen) atoms. The molecule has 334 valence electrons.